The lowest BCUT2D eigenvalue weighted by atomic mass is 10.0. The van der Waals surface area contributed by atoms with E-state index in [9.17, 15) is 42.4 Å². The Morgan fingerprint density at radius 1 is 0.842 bits per heavy atom. The maximum absolute atomic E-state index is 12.0. The number of hydroxylamine groups is 4. The fourth-order valence-electron chi connectivity index (χ4n) is 4.69. The number of fused-ring (bicyclic) bond motifs is 4. The number of Topliss-reactive ketones (excluding diaryl/α,β-unsaturated/α-hetero) is 2. The Morgan fingerprint density at radius 3 is 1.76 bits per heavy atom. The highest BCUT2D eigenvalue weighted by Gasteiger charge is 2.49. The van der Waals surface area contributed by atoms with Crippen LogP contribution in [0.15, 0.2) is 0 Å². The van der Waals surface area contributed by atoms with E-state index in [1.165, 1.54) is 18.7 Å². The van der Waals surface area contributed by atoms with Crippen molar-refractivity contribution in [3.05, 3.63) is 0 Å². The van der Waals surface area contributed by atoms with Crippen LogP contribution in [0.1, 0.15) is 39.5 Å². The summed E-state index contributed by atoms with van der Waals surface area (Å²) < 4.78 is 34.3. The third kappa shape index (κ3) is 6.74. The van der Waals surface area contributed by atoms with Crippen molar-refractivity contribution in [1.82, 2.24) is 30.6 Å². The predicted molar refractivity (Wildman–Crippen MR) is 123 cm³/mol. The van der Waals surface area contributed by atoms with Gasteiger partial charge in [0, 0.05) is 13.1 Å². The van der Waals surface area contributed by atoms with Gasteiger partial charge in [0.25, 0.3) is 0 Å². The van der Waals surface area contributed by atoms with Crippen LogP contribution >= 0.6 is 0 Å². The zero-order valence-electron chi connectivity index (χ0n) is 20.7. The number of nitrogens with zero attached hydrogens (tertiary/aromatic N) is 4. The summed E-state index contributed by atoms with van der Waals surface area (Å²) in [6.07, 6.45) is 1.76. The van der Waals surface area contributed by atoms with Crippen LogP contribution in [-0.2, 0) is 33.9 Å². The molecule has 4 saturated heterocycles. The topological polar surface area (TPSA) is 223 Å². The molecule has 0 saturated carbocycles. The van der Waals surface area contributed by atoms with Crippen molar-refractivity contribution in [2.75, 3.05) is 26.2 Å². The van der Waals surface area contributed by atoms with Crippen LogP contribution < -0.4 is 10.6 Å². The molecule has 0 aromatic rings. The van der Waals surface area contributed by atoms with Crippen LogP contribution in [0.3, 0.4) is 0 Å². The van der Waals surface area contributed by atoms with Gasteiger partial charge in [0.2, 0.25) is 11.8 Å². The Bertz CT molecular complexity index is 1110. The maximum Gasteiger partial charge on any atom is 0.418 e. The molecule has 4 rings (SSSR count). The maximum atomic E-state index is 12.0. The Hall–Kier alpha value is -3.35. The third-order valence-electron chi connectivity index (χ3n) is 6.47. The number of amides is 6. The van der Waals surface area contributed by atoms with E-state index in [-0.39, 0.29) is 43.1 Å². The molecule has 0 unspecified atom stereocenters. The van der Waals surface area contributed by atoms with Crippen molar-refractivity contribution in [2.24, 2.45) is 0 Å². The molecule has 4 N–H and O–H groups in total. The Kier molecular flexibility index (Phi) is 8.90. The van der Waals surface area contributed by atoms with Crippen LogP contribution in [0.25, 0.3) is 0 Å². The van der Waals surface area contributed by atoms with Crippen LogP contribution in [0.4, 0.5) is 9.59 Å². The Balaban J connectivity index is 0.000000215. The van der Waals surface area contributed by atoms with E-state index < -0.39 is 46.5 Å². The first-order chi connectivity index (χ1) is 17.7. The van der Waals surface area contributed by atoms with Gasteiger partial charge in [0.15, 0.2) is 0 Å². The monoisotopic (exact) mass is 562 g/mol. The van der Waals surface area contributed by atoms with Crippen LogP contribution in [0.2, 0.25) is 0 Å². The largest absolute Gasteiger partial charge is 0.418 e. The first-order valence-corrected chi connectivity index (χ1v) is 13.2. The number of hydrogen-bond acceptors (Lipinski definition) is 10. The van der Waals surface area contributed by atoms with E-state index in [4.69, 9.17) is 4.55 Å². The van der Waals surface area contributed by atoms with Gasteiger partial charge in [-0.15, -0.1) is 4.28 Å². The molecule has 0 aromatic carbocycles. The summed E-state index contributed by atoms with van der Waals surface area (Å²) in [4.78, 5) is 71.5. The van der Waals surface area contributed by atoms with Gasteiger partial charge in [-0.25, -0.2) is 14.7 Å². The van der Waals surface area contributed by atoms with E-state index in [2.05, 4.69) is 14.9 Å². The second-order valence-corrected chi connectivity index (χ2v) is 10.4. The summed E-state index contributed by atoms with van der Waals surface area (Å²) in [6.45, 7) is 3.03. The molecule has 0 spiro atoms. The highest BCUT2D eigenvalue weighted by Crippen LogP contribution is 2.31. The van der Waals surface area contributed by atoms with E-state index in [0.717, 1.165) is 4.90 Å². The quantitative estimate of drug-likeness (QED) is 0.188. The third-order valence-corrected chi connectivity index (χ3v) is 6.82. The van der Waals surface area contributed by atoms with Crippen LogP contribution in [-0.4, -0.2) is 124 Å². The lowest BCUT2D eigenvalue weighted by Gasteiger charge is -2.29. The molecule has 4 fully saturated rings. The lowest BCUT2D eigenvalue weighted by Crippen LogP contribution is -2.50. The molecule has 38 heavy (non-hydrogen) atoms. The van der Waals surface area contributed by atoms with E-state index >= 15 is 0 Å². The average molecular weight is 563 g/mol. The van der Waals surface area contributed by atoms with Crippen molar-refractivity contribution in [3.63, 3.8) is 0 Å². The van der Waals surface area contributed by atoms with Gasteiger partial charge in [-0.05, 0) is 39.5 Å². The minimum Gasteiger partial charge on any atom is -0.347 e. The number of rotatable bonds is 8. The lowest BCUT2D eigenvalue weighted by molar-refractivity contribution is -0.128. The van der Waals surface area contributed by atoms with Crippen molar-refractivity contribution < 1.29 is 51.2 Å². The van der Waals surface area contributed by atoms with Gasteiger partial charge >= 0.3 is 22.5 Å². The summed E-state index contributed by atoms with van der Waals surface area (Å²) in [5, 5.41) is 15.6. The number of piperidine rings is 2. The van der Waals surface area contributed by atoms with Gasteiger partial charge in [-0.2, -0.15) is 13.5 Å². The molecule has 4 heterocycles. The average Bonchev–Trinajstić information content (AvgIpc) is 3.20. The molecule has 4 aliphatic heterocycles. The summed E-state index contributed by atoms with van der Waals surface area (Å²) >= 11 is 0. The normalized spacial score (nSPS) is 26.1. The summed E-state index contributed by atoms with van der Waals surface area (Å²) in [5.41, 5.74) is 0. The molecule has 0 aliphatic carbocycles. The number of carbonyl (C=O) groups excluding carboxylic acids is 6. The SMILES string of the molecule is CC(=O)CNC(=O)[C@@H]1CC[C@@H]2CN1C(=O)N2O.CC(=O)CNC(=O)[C@@H]1CC[C@@H]2CN1C(=O)N2OS(=O)(=O)O. The first-order valence-electron chi connectivity index (χ1n) is 11.8. The molecule has 0 radical (unpaired) electrons. The van der Waals surface area contributed by atoms with Gasteiger partial charge < -0.3 is 20.4 Å². The first kappa shape index (κ1) is 29.2. The zero-order valence-corrected chi connectivity index (χ0v) is 21.5. The highest BCUT2D eigenvalue weighted by molar-refractivity contribution is 7.80. The van der Waals surface area contributed by atoms with Crippen molar-refractivity contribution in [1.29, 1.82) is 0 Å². The molecule has 18 heteroatoms. The van der Waals surface area contributed by atoms with Gasteiger partial charge in [-0.1, -0.05) is 0 Å². The molecule has 6 amide bonds. The summed E-state index contributed by atoms with van der Waals surface area (Å²) in [6, 6.07) is -3.46. The van der Waals surface area contributed by atoms with Crippen molar-refractivity contribution in [2.45, 2.75) is 63.7 Å². The molecule has 17 nitrogen and oxygen atoms in total. The van der Waals surface area contributed by atoms with Gasteiger partial charge in [-0.3, -0.25) is 28.9 Å². The molecular formula is C20H30N6O11S. The Morgan fingerprint density at radius 2 is 1.29 bits per heavy atom. The molecular weight excluding hydrogens is 532 g/mol. The van der Waals surface area contributed by atoms with Gasteiger partial charge in [0.05, 0.1) is 25.2 Å². The fourth-order valence-corrected chi connectivity index (χ4v) is 5.07. The smallest absolute Gasteiger partial charge is 0.347 e. The zero-order chi connectivity index (χ0) is 28.4. The number of hydrogen-bond donors (Lipinski definition) is 4. The summed E-state index contributed by atoms with van der Waals surface area (Å²) in [5.74, 6) is -1.17. The minimum atomic E-state index is -4.81. The van der Waals surface area contributed by atoms with Crippen LogP contribution in [0.5, 0.6) is 0 Å². The number of carbonyl (C=O) groups is 6. The number of ketones is 2. The second-order valence-electron chi connectivity index (χ2n) is 9.38. The van der Waals surface area contributed by atoms with Gasteiger partial charge in [0.1, 0.15) is 23.7 Å². The van der Waals surface area contributed by atoms with E-state index in [0.29, 0.717) is 42.4 Å². The molecule has 0 aromatic heterocycles. The van der Waals surface area contributed by atoms with Crippen molar-refractivity contribution >= 4 is 45.8 Å². The summed E-state index contributed by atoms with van der Waals surface area (Å²) in [7, 11) is -4.81. The van der Waals surface area contributed by atoms with E-state index in [1.807, 2.05) is 0 Å². The fraction of sp³-hybridized carbons (Fsp3) is 0.700. The highest BCUT2D eigenvalue weighted by atomic mass is 32.3. The minimum absolute atomic E-state index is 0.0242. The molecule has 4 atom stereocenters. The van der Waals surface area contributed by atoms with Crippen molar-refractivity contribution in [3.8, 4) is 0 Å². The number of urea groups is 2. The second kappa shape index (κ2) is 11.6. The standard InChI is InChI=1S/C10H15N3O7S.C10H15N3O4/c1-6(14)4-11-9(15)8-3-2-7-5-12(8)10(16)13(7)20-21(17,18)19;1-6(14)4-11-9(15)8-3-2-7-5-12(8)10(16)13(7)17/h7-8H,2-5H2,1H3,(H,11,15)(H,17,18,19);7-8,17H,2-5H2,1H3,(H,11,15)/t2*7-,8+/m11/s1. The predicted octanol–water partition coefficient (Wildman–Crippen LogP) is -1.96. The number of nitrogens with one attached hydrogen (secondary N) is 2. The molecule has 4 aliphatic rings. The molecule has 4 bridgehead atoms. The molecule has 212 valence electrons. The van der Waals surface area contributed by atoms with Crippen LogP contribution in [0, 0.1) is 0 Å². The van der Waals surface area contributed by atoms with E-state index in [1.54, 1.807) is 0 Å². The Labute approximate surface area is 217 Å².